The van der Waals surface area contributed by atoms with Gasteiger partial charge in [-0.2, -0.15) is 0 Å². The Morgan fingerprint density at radius 2 is 1.95 bits per heavy atom. The number of aromatic nitrogens is 1. The van der Waals surface area contributed by atoms with E-state index in [1.807, 2.05) is 6.07 Å². The van der Waals surface area contributed by atoms with Gasteiger partial charge in [-0.25, -0.2) is 0 Å². The van der Waals surface area contributed by atoms with E-state index in [4.69, 9.17) is 23.2 Å². The molecule has 2 heterocycles. The fourth-order valence-electron chi connectivity index (χ4n) is 2.40. The molecule has 0 bridgehead atoms. The van der Waals surface area contributed by atoms with E-state index in [9.17, 15) is 0 Å². The Bertz CT molecular complexity index is 627. The van der Waals surface area contributed by atoms with E-state index < -0.39 is 0 Å². The van der Waals surface area contributed by atoms with Crippen molar-refractivity contribution in [2.75, 3.05) is 31.1 Å². The van der Waals surface area contributed by atoms with Crippen LogP contribution in [0.2, 0.25) is 10.0 Å². The highest BCUT2D eigenvalue weighted by Gasteiger charge is 2.18. The van der Waals surface area contributed by atoms with Crippen LogP contribution in [0.1, 0.15) is 0 Å². The number of pyridine rings is 1. The van der Waals surface area contributed by atoms with Crippen LogP contribution in [-0.2, 0) is 0 Å². The molecule has 1 aliphatic rings. The maximum Gasteiger partial charge on any atom is 0.0910 e. The molecular weight excluding hydrogens is 349 g/mol. The number of anilines is 1. The molecule has 0 amide bonds. The molecule has 0 radical (unpaired) electrons. The summed E-state index contributed by atoms with van der Waals surface area (Å²) in [6, 6.07) is 3.66. The molecule has 19 heavy (non-hydrogen) atoms. The number of hydrogen-bond donors (Lipinski definition) is 1. The zero-order valence-electron chi connectivity index (χ0n) is 10.1. The van der Waals surface area contributed by atoms with Crippen LogP contribution >= 0.6 is 39.1 Å². The Hall–Kier alpha value is -0.550. The lowest BCUT2D eigenvalue weighted by Crippen LogP contribution is -2.43. The SMILES string of the molecule is Clc1cc(Cl)c2ncc(Br)c(N3CCNCC3)c2c1. The smallest absolute Gasteiger partial charge is 0.0910 e. The second-order valence-corrected chi connectivity index (χ2v) is 6.17. The Labute approximate surface area is 130 Å². The average Bonchev–Trinajstić information content (AvgIpc) is 2.39. The molecule has 1 aromatic carbocycles. The van der Waals surface area contributed by atoms with Crippen molar-refractivity contribution in [1.82, 2.24) is 10.3 Å². The average molecular weight is 361 g/mol. The van der Waals surface area contributed by atoms with Crippen molar-refractivity contribution in [2.45, 2.75) is 0 Å². The lowest BCUT2D eigenvalue weighted by molar-refractivity contribution is 0.589. The van der Waals surface area contributed by atoms with Gasteiger partial charge < -0.3 is 10.2 Å². The van der Waals surface area contributed by atoms with E-state index >= 15 is 0 Å². The number of halogens is 3. The summed E-state index contributed by atoms with van der Waals surface area (Å²) in [5.74, 6) is 0. The molecule has 1 N–H and O–H groups in total. The predicted molar refractivity (Wildman–Crippen MR) is 84.5 cm³/mol. The van der Waals surface area contributed by atoms with Gasteiger partial charge in [0.05, 0.1) is 20.7 Å². The Kier molecular flexibility index (Phi) is 3.85. The number of fused-ring (bicyclic) bond motifs is 1. The molecule has 0 spiro atoms. The van der Waals surface area contributed by atoms with Crippen molar-refractivity contribution in [1.29, 1.82) is 0 Å². The third kappa shape index (κ3) is 2.55. The summed E-state index contributed by atoms with van der Waals surface area (Å²) in [5.41, 5.74) is 1.92. The van der Waals surface area contributed by atoms with Gasteiger partial charge >= 0.3 is 0 Å². The second kappa shape index (κ2) is 5.44. The molecular formula is C13H12BrCl2N3. The largest absolute Gasteiger partial charge is 0.367 e. The molecule has 3 rings (SSSR count). The predicted octanol–water partition coefficient (Wildman–Crippen LogP) is 3.71. The molecule has 1 aromatic heterocycles. The van der Waals surface area contributed by atoms with E-state index in [1.165, 1.54) is 0 Å². The van der Waals surface area contributed by atoms with Gasteiger partial charge in [0, 0.05) is 42.8 Å². The Morgan fingerprint density at radius 1 is 1.21 bits per heavy atom. The van der Waals surface area contributed by atoms with Gasteiger partial charge in [-0.3, -0.25) is 4.98 Å². The van der Waals surface area contributed by atoms with Gasteiger partial charge in [0.25, 0.3) is 0 Å². The van der Waals surface area contributed by atoms with Crippen LogP contribution in [0.5, 0.6) is 0 Å². The highest BCUT2D eigenvalue weighted by molar-refractivity contribution is 9.10. The van der Waals surface area contributed by atoms with Crippen LogP contribution in [0.3, 0.4) is 0 Å². The van der Waals surface area contributed by atoms with Gasteiger partial charge in [0.1, 0.15) is 0 Å². The van der Waals surface area contributed by atoms with Crippen LogP contribution in [0.4, 0.5) is 5.69 Å². The second-order valence-electron chi connectivity index (χ2n) is 4.48. The first-order valence-electron chi connectivity index (χ1n) is 6.06. The lowest BCUT2D eigenvalue weighted by atomic mass is 10.1. The zero-order chi connectivity index (χ0) is 13.4. The lowest BCUT2D eigenvalue weighted by Gasteiger charge is -2.31. The highest BCUT2D eigenvalue weighted by Crippen LogP contribution is 2.37. The van der Waals surface area contributed by atoms with E-state index in [0.29, 0.717) is 10.0 Å². The van der Waals surface area contributed by atoms with Crippen LogP contribution in [-0.4, -0.2) is 31.2 Å². The molecule has 0 saturated carbocycles. The monoisotopic (exact) mass is 359 g/mol. The van der Waals surface area contributed by atoms with Crippen LogP contribution in [0.25, 0.3) is 10.9 Å². The summed E-state index contributed by atoms with van der Waals surface area (Å²) in [7, 11) is 0. The number of benzene rings is 1. The normalized spacial score (nSPS) is 16.1. The molecule has 1 fully saturated rings. The standard InChI is InChI=1S/C13H12BrCl2N3/c14-10-7-18-12-9(5-8(15)6-11(12)16)13(10)19-3-1-17-2-4-19/h5-7,17H,1-4H2. The quantitative estimate of drug-likeness (QED) is 0.840. The summed E-state index contributed by atoms with van der Waals surface area (Å²) in [5, 5.41) is 5.57. The van der Waals surface area contributed by atoms with Crippen molar-refractivity contribution < 1.29 is 0 Å². The first kappa shape index (κ1) is 13.4. The molecule has 6 heteroatoms. The number of piperazine rings is 1. The van der Waals surface area contributed by atoms with Crippen molar-refractivity contribution in [2.24, 2.45) is 0 Å². The molecule has 0 atom stereocenters. The highest BCUT2D eigenvalue weighted by atomic mass is 79.9. The van der Waals surface area contributed by atoms with Gasteiger partial charge in [-0.05, 0) is 28.1 Å². The fourth-order valence-corrected chi connectivity index (χ4v) is 3.51. The van der Waals surface area contributed by atoms with Crippen molar-refractivity contribution >= 4 is 55.7 Å². The number of hydrogen-bond acceptors (Lipinski definition) is 3. The first-order chi connectivity index (χ1) is 9.16. The number of nitrogens with zero attached hydrogens (tertiary/aromatic N) is 2. The third-order valence-corrected chi connectivity index (χ3v) is 4.34. The summed E-state index contributed by atoms with van der Waals surface area (Å²) in [6.07, 6.45) is 1.81. The van der Waals surface area contributed by atoms with Gasteiger partial charge in [0.15, 0.2) is 0 Å². The maximum atomic E-state index is 6.23. The van der Waals surface area contributed by atoms with Gasteiger partial charge in [-0.15, -0.1) is 0 Å². The van der Waals surface area contributed by atoms with Crippen molar-refractivity contribution in [3.63, 3.8) is 0 Å². The summed E-state index contributed by atoms with van der Waals surface area (Å²) >= 11 is 16.0. The molecule has 3 nitrogen and oxygen atoms in total. The summed E-state index contributed by atoms with van der Waals surface area (Å²) < 4.78 is 0.972. The summed E-state index contributed by atoms with van der Waals surface area (Å²) in [4.78, 5) is 6.73. The minimum Gasteiger partial charge on any atom is -0.367 e. The van der Waals surface area contributed by atoms with Crippen molar-refractivity contribution in [3.05, 3.63) is 32.8 Å². The van der Waals surface area contributed by atoms with E-state index in [0.717, 1.165) is 47.2 Å². The summed E-state index contributed by atoms with van der Waals surface area (Å²) in [6.45, 7) is 3.87. The van der Waals surface area contributed by atoms with Gasteiger partial charge in [0.2, 0.25) is 0 Å². The third-order valence-electron chi connectivity index (χ3n) is 3.25. The molecule has 0 aliphatic carbocycles. The number of rotatable bonds is 1. The molecule has 1 saturated heterocycles. The number of nitrogens with one attached hydrogen (secondary N) is 1. The molecule has 100 valence electrons. The Morgan fingerprint density at radius 3 is 2.68 bits per heavy atom. The van der Waals surface area contributed by atoms with Gasteiger partial charge in [-0.1, -0.05) is 23.2 Å². The maximum absolute atomic E-state index is 6.23. The topological polar surface area (TPSA) is 28.2 Å². The minimum absolute atomic E-state index is 0.589. The van der Waals surface area contributed by atoms with Crippen LogP contribution in [0, 0.1) is 0 Å². The van der Waals surface area contributed by atoms with E-state index in [2.05, 4.69) is 31.1 Å². The van der Waals surface area contributed by atoms with E-state index in [1.54, 1.807) is 12.3 Å². The van der Waals surface area contributed by atoms with Crippen LogP contribution in [0.15, 0.2) is 22.8 Å². The molecule has 2 aromatic rings. The van der Waals surface area contributed by atoms with Crippen molar-refractivity contribution in [3.8, 4) is 0 Å². The van der Waals surface area contributed by atoms with E-state index in [-0.39, 0.29) is 0 Å². The first-order valence-corrected chi connectivity index (χ1v) is 7.60. The zero-order valence-corrected chi connectivity index (χ0v) is 13.2. The van der Waals surface area contributed by atoms with Crippen LogP contribution < -0.4 is 10.2 Å². The Balaban J connectivity index is 2.23. The minimum atomic E-state index is 0.589. The molecule has 1 aliphatic heterocycles. The molecule has 0 unspecified atom stereocenters. The fraction of sp³-hybridized carbons (Fsp3) is 0.308.